The van der Waals surface area contributed by atoms with Gasteiger partial charge in [-0.2, -0.15) is 0 Å². The minimum Gasteiger partial charge on any atom is -0.494 e. The normalized spacial score (nSPS) is 10.0. The van der Waals surface area contributed by atoms with Crippen molar-refractivity contribution >= 4 is 23.1 Å². The van der Waals surface area contributed by atoms with Gasteiger partial charge in [-0.25, -0.2) is 9.97 Å². The van der Waals surface area contributed by atoms with Crippen molar-refractivity contribution in [3.63, 3.8) is 0 Å². The number of rotatable bonds is 4. The lowest BCUT2D eigenvalue weighted by Gasteiger charge is -2.08. The summed E-state index contributed by atoms with van der Waals surface area (Å²) in [6.45, 7) is 2.58. The molecule has 1 heterocycles. The van der Waals surface area contributed by atoms with E-state index in [1.165, 1.54) is 0 Å². The summed E-state index contributed by atoms with van der Waals surface area (Å²) in [5.74, 6) is 1.33. The zero-order chi connectivity index (χ0) is 12.1. The molecule has 0 bridgehead atoms. The van der Waals surface area contributed by atoms with Crippen molar-refractivity contribution in [1.82, 2.24) is 9.97 Å². The molecule has 1 aromatic heterocycles. The van der Waals surface area contributed by atoms with E-state index in [4.69, 9.17) is 16.3 Å². The van der Waals surface area contributed by atoms with Crippen molar-refractivity contribution in [3.8, 4) is 5.75 Å². The Bertz CT molecular complexity index is 505. The Hall–Kier alpha value is -1.81. The van der Waals surface area contributed by atoms with Gasteiger partial charge in [0.15, 0.2) is 11.0 Å². The molecule has 0 saturated heterocycles. The van der Waals surface area contributed by atoms with E-state index in [0.29, 0.717) is 17.6 Å². The van der Waals surface area contributed by atoms with Gasteiger partial charge in [-0.15, -0.1) is 0 Å². The summed E-state index contributed by atoms with van der Waals surface area (Å²) in [6.07, 6.45) is 3.13. The first kappa shape index (κ1) is 11.7. The second-order valence-corrected chi connectivity index (χ2v) is 3.64. The number of ether oxygens (including phenoxy) is 1. The molecule has 0 aliphatic heterocycles. The number of hydrogen-bond donors (Lipinski definition) is 1. The van der Waals surface area contributed by atoms with E-state index < -0.39 is 0 Å². The molecule has 0 atom stereocenters. The van der Waals surface area contributed by atoms with Gasteiger partial charge >= 0.3 is 0 Å². The first-order chi connectivity index (χ1) is 8.29. The van der Waals surface area contributed by atoms with Gasteiger partial charge in [0.05, 0.1) is 6.61 Å². The third kappa shape index (κ3) is 3.07. The number of anilines is 2. The fraction of sp³-hybridized carbons (Fsp3) is 0.167. The lowest BCUT2D eigenvalue weighted by molar-refractivity contribution is 0.340. The van der Waals surface area contributed by atoms with Gasteiger partial charge in [0.1, 0.15) is 5.75 Å². The van der Waals surface area contributed by atoms with Crippen molar-refractivity contribution in [2.75, 3.05) is 11.9 Å². The number of halogens is 1. The first-order valence-electron chi connectivity index (χ1n) is 5.26. The zero-order valence-electron chi connectivity index (χ0n) is 9.35. The van der Waals surface area contributed by atoms with Crippen LogP contribution >= 0.6 is 11.6 Å². The van der Waals surface area contributed by atoms with Gasteiger partial charge in [0, 0.05) is 24.1 Å². The van der Waals surface area contributed by atoms with E-state index in [9.17, 15) is 0 Å². The molecule has 0 aliphatic carbocycles. The average Bonchev–Trinajstić information content (AvgIpc) is 2.33. The van der Waals surface area contributed by atoms with Crippen LogP contribution < -0.4 is 10.1 Å². The summed E-state index contributed by atoms with van der Waals surface area (Å²) in [4.78, 5) is 8.05. The molecular weight excluding hydrogens is 238 g/mol. The molecule has 0 spiro atoms. The van der Waals surface area contributed by atoms with Crippen LogP contribution in [0.15, 0.2) is 36.7 Å². The van der Waals surface area contributed by atoms with Gasteiger partial charge in [-0.3, -0.25) is 0 Å². The van der Waals surface area contributed by atoms with Gasteiger partial charge in [0.2, 0.25) is 0 Å². The summed E-state index contributed by atoms with van der Waals surface area (Å²) in [5, 5.41) is 3.43. The largest absolute Gasteiger partial charge is 0.494 e. The summed E-state index contributed by atoms with van der Waals surface area (Å²) in [5.41, 5.74) is 0.860. The minimum atomic E-state index is 0.342. The molecule has 88 valence electrons. The van der Waals surface area contributed by atoms with Crippen LogP contribution in [-0.2, 0) is 0 Å². The van der Waals surface area contributed by atoms with Crippen molar-refractivity contribution in [1.29, 1.82) is 0 Å². The number of hydrogen-bond acceptors (Lipinski definition) is 4. The Morgan fingerprint density at radius 2 is 2.12 bits per heavy atom. The van der Waals surface area contributed by atoms with Gasteiger partial charge in [0.25, 0.3) is 0 Å². The number of aromatic nitrogens is 2. The summed E-state index contributed by atoms with van der Waals surface area (Å²) in [6, 6.07) is 7.59. The van der Waals surface area contributed by atoms with E-state index in [1.807, 2.05) is 31.2 Å². The Balaban J connectivity index is 2.18. The van der Waals surface area contributed by atoms with E-state index in [-0.39, 0.29) is 0 Å². The minimum absolute atomic E-state index is 0.342. The molecular formula is C12H12ClN3O. The molecule has 0 amide bonds. The fourth-order valence-electron chi connectivity index (χ4n) is 1.37. The van der Waals surface area contributed by atoms with Crippen LogP contribution in [0.4, 0.5) is 11.5 Å². The van der Waals surface area contributed by atoms with Crippen LogP contribution in [0, 0.1) is 0 Å². The Morgan fingerprint density at radius 3 is 2.88 bits per heavy atom. The van der Waals surface area contributed by atoms with Crippen molar-refractivity contribution < 1.29 is 4.74 Å². The summed E-state index contributed by atoms with van der Waals surface area (Å²) >= 11 is 5.91. The molecule has 0 unspecified atom stereocenters. The zero-order valence-corrected chi connectivity index (χ0v) is 10.1. The average molecular weight is 250 g/mol. The molecule has 0 aliphatic rings. The van der Waals surface area contributed by atoms with Crippen LogP contribution in [-0.4, -0.2) is 16.6 Å². The number of benzene rings is 1. The molecule has 0 saturated carbocycles. The highest BCUT2D eigenvalue weighted by Gasteiger charge is 2.03. The first-order valence-corrected chi connectivity index (χ1v) is 5.64. The van der Waals surface area contributed by atoms with Crippen LogP contribution in [0.5, 0.6) is 5.75 Å². The summed E-state index contributed by atoms with van der Waals surface area (Å²) < 4.78 is 5.41. The molecule has 2 rings (SSSR count). The smallest absolute Gasteiger partial charge is 0.171 e. The van der Waals surface area contributed by atoms with E-state index in [0.717, 1.165) is 11.4 Å². The molecule has 1 aromatic carbocycles. The van der Waals surface area contributed by atoms with Crippen LogP contribution in [0.3, 0.4) is 0 Å². The molecule has 0 fully saturated rings. The molecule has 1 N–H and O–H groups in total. The molecule has 17 heavy (non-hydrogen) atoms. The maximum atomic E-state index is 5.91. The topological polar surface area (TPSA) is 47.0 Å². The Kier molecular flexibility index (Phi) is 3.77. The van der Waals surface area contributed by atoms with E-state index in [1.54, 1.807) is 12.4 Å². The molecule has 0 radical (unpaired) electrons. The van der Waals surface area contributed by atoms with E-state index in [2.05, 4.69) is 15.3 Å². The second kappa shape index (κ2) is 5.50. The standard InChI is InChI=1S/C12H12ClN3O/c1-2-17-10-5-3-4-9(8-10)16-12-11(13)14-6-7-15-12/h3-8H,2H2,1H3,(H,15,16). The maximum Gasteiger partial charge on any atom is 0.171 e. The lowest BCUT2D eigenvalue weighted by atomic mass is 10.3. The Morgan fingerprint density at radius 1 is 1.29 bits per heavy atom. The monoisotopic (exact) mass is 249 g/mol. The quantitative estimate of drug-likeness (QED) is 0.903. The molecule has 2 aromatic rings. The number of nitrogens with one attached hydrogen (secondary N) is 1. The van der Waals surface area contributed by atoms with Crippen LogP contribution in [0.25, 0.3) is 0 Å². The third-order valence-corrected chi connectivity index (χ3v) is 2.34. The highest BCUT2D eigenvalue weighted by molar-refractivity contribution is 6.31. The van der Waals surface area contributed by atoms with Crippen molar-refractivity contribution in [3.05, 3.63) is 41.8 Å². The molecule has 5 heteroatoms. The fourth-order valence-corrected chi connectivity index (χ4v) is 1.52. The maximum absolute atomic E-state index is 5.91. The Labute approximate surface area is 105 Å². The highest BCUT2D eigenvalue weighted by Crippen LogP contribution is 2.23. The predicted molar refractivity (Wildman–Crippen MR) is 67.9 cm³/mol. The van der Waals surface area contributed by atoms with Gasteiger partial charge in [-0.05, 0) is 19.1 Å². The van der Waals surface area contributed by atoms with E-state index >= 15 is 0 Å². The van der Waals surface area contributed by atoms with Crippen LogP contribution in [0.2, 0.25) is 5.15 Å². The second-order valence-electron chi connectivity index (χ2n) is 3.28. The third-order valence-electron chi connectivity index (χ3n) is 2.06. The number of nitrogens with zero attached hydrogens (tertiary/aromatic N) is 2. The van der Waals surface area contributed by atoms with Gasteiger partial charge in [-0.1, -0.05) is 17.7 Å². The van der Waals surface area contributed by atoms with Crippen LogP contribution in [0.1, 0.15) is 6.92 Å². The highest BCUT2D eigenvalue weighted by atomic mass is 35.5. The predicted octanol–water partition coefficient (Wildman–Crippen LogP) is 3.27. The SMILES string of the molecule is CCOc1cccc(Nc2nccnc2Cl)c1. The van der Waals surface area contributed by atoms with Crippen molar-refractivity contribution in [2.24, 2.45) is 0 Å². The summed E-state index contributed by atoms with van der Waals surface area (Å²) in [7, 11) is 0. The molecule has 4 nitrogen and oxygen atoms in total. The van der Waals surface area contributed by atoms with Gasteiger partial charge < -0.3 is 10.1 Å². The lowest BCUT2D eigenvalue weighted by Crippen LogP contribution is -1.97. The van der Waals surface area contributed by atoms with Crippen molar-refractivity contribution in [2.45, 2.75) is 6.92 Å².